The Labute approximate surface area is 127 Å². The fraction of sp³-hybridized carbons (Fsp3) is 0.133. The van der Waals surface area contributed by atoms with Crippen LogP contribution in [-0.2, 0) is 10.0 Å². The van der Waals surface area contributed by atoms with Gasteiger partial charge in [0.05, 0.1) is 29.2 Å². The van der Waals surface area contributed by atoms with Gasteiger partial charge in [0.2, 0.25) is 10.0 Å². The van der Waals surface area contributed by atoms with Crippen LogP contribution in [0.4, 0.5) is 4.39 Å². The second kappa shape index (κ2) is 6.66. The van der Waals surface area contributed by atoms with Crippen LogP contribution in [0.2, 0.25) is 0 Å². The zero-order valence-electron chi connectivity index (χ0n) is 11.4. The summed E-state index contributed by atoms with van der Waals surface area (Å²) in [6.45, 7) is -0.587. The number of hydrogen-bond donors (Lipinski definition) is 2. The molecule has 1 atom stereocenters. The lowest BCUT2D eigenvalue weighted by molar-refractivity contribution is 0.256. The molecule has 0 heterocycles. The molecule has 2 N–H and O–H groups in total. The first-order valence-corrected chi connectivity index (χ1v) is 7.84. The SMILES string of the molecule is N#Cc1ccc(S(=O)(=O)N[C@H](CO)c2ccccc2F)cc1. The molecule has 0 saturated carbocycles. The molecular weight excluding hydrogens is 307 g/mol. The number of sulfonamides is 1. The number of nitriles is 1. The minimum absolute atomic E-state index is 0.0576. The first kappa shape index (κ1) is 16.1. The van der Waals surface area contributed by atoms with E-state index in [2.05, 4.69) is 4.72 Å². The molecule has 0 amide bonds. The van der Waals surface area contributed by atoms with E-state index in [0.29, 0.717) is 5.56 Å². The summed E-state index contributed by atoms with van der Waals surface area (Å²) >= 11 is 0. The van der Waals surface area contributed by atoms with Crippen molar-refractivity contribution in [3.05, 3.63) is 65.5 Å². The van der Waals surface area contributed by atoms with Crippen LogP contribution in [0.5, 0.6) is 0 Å². The van der Waals surface area contributed by atoms with Crippen molar-refractivity contribution in [3.63, 3.8) is 0 Å². The van der Waals surface area contributed by atoms with Crippen molar-refractivity contribution < 1.29 is 17.9 Å². The van der Waals surface area contributed by atoms with Crippen LogP contribution in [0.3, 0.4) is 0 Å². The third-order valence-corrected chi connectivity index (χ3v) is 4.54. The molecule has 114 valence electrons. The quantitative estimate of drug-likeness (QED) is 0.877. The average molecular weight is 320 g/mol. The summed E-state index contributed by atoms with van der Waals surface area (Å²) < 4.78 is 40.5. The molecule has 0 spiro atoms. The van der Waals surface area contributed by atoms with E-state index in [1.807, 2.05) is 6.07 Å². The Balaban J connectivity index is 2.30. The number of halogens is 1. The van der Waals surface area contributed by atoms with E-state index < -0.39 is 28.5 Å². The number of nitrogens with one attached hydrogen (secondary N) is 1. The van der Waals surface area contributed by atoms with E-state index >= 15 is 0 Å². The zero-order valence-corrected chi connectivity index (χ0v) is 12.2. The number of aliphatic hydroxyl groups is 1. The van der Waals surface area contributed by atoms with Crippen LogP contribution in [0.1, 0.15) is 17.2 Å². The molecule has 0 bridgehead atoms. The number of aliphatic hydroxyl groups excluding tert-OH is 1. The standard InChI is InChI=1S/C15H13FN2O3S/c16-14-4-2-1-3-13(14)15(10-19)18-22(20,21)12-7-5-11(9-17)6-8-12/h1-8,15,18-19H,10H2/t15-/m1/s1. The molecular formula is C15H13FN2O3S. The summed E-state index contributed by atoms with van der Waals surface area (Å²) in [5.41, 5.74) is 0.383. The Morgan fingerprint density at radius 1 is 1.18 bits per heavy atom. The van der Waals surface area contributed by atoms with Crippen molar-refractivity contribution in [1.29, 1.82) is 5.26 Å². The lowest BCUT2D eigenvalue weighted by Gasteiger charge is -2.17. The van der Waals surface area contributed by atoms with Crippen molar-refractivity contribution in [3.8, 4) is 6.07 Å². The molecule has 0 radical (unpaired) electrons. The summed E-state index contributed by atoms with van der Waals surface area (Å²) in [6, 6.07) is 11.7. The van der Waals surface area contributed by atoms with E-state index in [4.69, 9.17) is 5.26 Å². The van der Waals surface area contributed by atoms with E-state index in [-0.39, 0.29) is 10.5 Å². The predicted molar refractivity (Wildman–Crippen MR) is 77.7 cm³/mol. The molecule has 0 fully saturated rings. The van der Waals surface area contributed by atoms with Gasteiger partial charge in [-0.05, 0) is 30.3 Å². The first-order chi connectivity index (χ1) is 10.5. The van der Waals surface area contributed by atoms with Gasteiger partial charge in [-0.3, -0.25) is 0 Å². The van der Waals surface area contributed by atoms with Crippen LogP contribution in [0.25, 0.3) is 0 Å². The first-order valence-electron chi connectivity index (χ1n) is 6.35. The maximum Gasteiger partial charge on any atom is 0.241 e. The highest BCUT2D eigenvalue weighted by molar-refractivity contribution is 7.89. The van der Waals surface area contributed by atoms with Crippen molar-refractivity contribution in [2.75, 3.05) is 6.61 Å². The Hall–Kier alpha value is -2.27. The van der Waals surface area contributed by atoms with Gasteiger partial charge in [-0.1, -0.05) is 18.2 Å². The summed E-state index contributed by atoms with van der Waals surface area (Å²) in [4.78, 5) is -0.0683. The fourth-order valence-corrected chi connectivity index (χ4v) is 3.13. The monoisotopic (exact) mass is 320 g/mol. The van der Waals surface area contributed by atoms with Gasteiger partial charge in [-0.15, -0.1) is 0 Å². The second-order valence-electron chi connectivity index (χ2n) is 4.51. The topological polar surface area (TPSA) is 90.2 Å². The molecule has 0 unspecified atom stereocenters. The van der Waals surface area contributed by atoms with Gasteiger partial charge < -0.3 is 5.11 Å². The number of hydrogen-bond acceptors (Lipinski definition) is 4. The fourth-order valence-electron chi connectivity index (χ4n) is 1.92. The van der Waals surface area contributed by atoms with Crippen molar-refractivity contribution in [2.24, 2.45) is 0 Å². The Morgan fingerprint density at radius 2 is 1.82 bits per heavy atom. The summed E-state index contributed by atoms with van der Waals surface area (Å²) in [7, 11) is -3.95. The summed E-state index contributed by atoms with van der Waals surface area (Å²) in [6.07, 6.45) is 0. The zero-order chi connectivity index (χ0) is 16.2. The third kappa shape index (κ3) is 3.49. The van der Waals surface area contributed by atoms with Crippen molar-refractivity contribution in [1.82, 2.24) is 4.72 Å². The normalized spacial score (nSPS) is 12.6. The Bertz CT molecular complexity index is 798. The van der Waals surface area contributed by atoms with E-state index in [9.17, 15) is 17.9 Å². The van der Waals surface area contributed by atoms with Crippen LogP contribution < -0.4 is 4.72 Å². The highest BCUT2D eigenvalue weighted by Crippen LogP contribution is 2.20. The average Bonchev–Trinajstić information content (AvgIpc) is 2.53. The predicted octanol–water partition coefficient (Wildman–Crippen LogP) is 1.71. The third-order valence-electron chi connectivity index (χ3n) is 3.05. The molecule has 0 aliphatic carbocycles. The number of benzene rings is 2. The molecule has 0 aromatic heterocycles. The summed E-state index contributed by atoms with van der Waals surface area (Å²) in [5, 5.41) is 18.1. The van der Waals surface area contributed by atoms with E-state index in [1.165, 1.54) is 42.5 Å². The smallest absolute Gasteiger partial charge is 0.241 e. The van der Waals surface area contributed by atoms with Gasteiger partial charge in [0, 0.05) is 5.56 Å². The van der Waals surface area contributed by atoms with Gasteiger partial charge in [0.15, 0.2) is 0 Å². The highest BCUT2D eigenvalue weighted by Gasteiger charge is 2.22. The van der Waals surface area contributed by atoms with Gasteiger partial charge in [-0.25, -0.2) is 17.5 Å². The molecule has 5 nitrogen and oxygen atoms in total. The molecule has 2 rings (SSSR count). The van der Waals surface area contributed by atoms with Gasteiger partial charge in [0.25, 0.3) is 0 Å². The second-order valence-corrected chi connectivity index (χ2v) is 6.23. The van der Waals surface area contributed by atoms with Crippen molar-refractivity contribution >= 4 is 10.0 Å². The van der Waals surface area contributed by atoms with Gasteiger partial charge in [-0.2, -0.15) is 5.26 Å². The maximum atomic E-state index is 13.7. The van der Waals surface area contributed by atoms with E-state index in [0.717, 1.165) is 0 Å². The minimum Gasteiger partial charge on any atom is -0.394 e. The lowest BCUT2D eigenvalue weighted by Crippen LogP contribution is -2.31. The molecule has 0 aliphatic heterocycles. The minimum atomic E-state index is -3.95. The lowest BCUT2D eigenvalue weighted by atomic mass is 10.1. The van der Waals surface area contributed by atoms with Crippen LogP contribution >= 0.6 is 0 Å². The Morgan fingerprint density at radius 3 is 2.36 bits per heavy atom. The highest BCUT2D eigenvalue weighted by atomic mass is 32.2. The molecule has 2 aromatic carbocycles. The molecule has 0 saturated heterocycles. The number of nitrogens with zero attached hydrogens (tertiary/aromatic N) is 1. The van der Waals surface area contributed by atoms with Crippen LogP contribution in [0.15, 0.2) is 53.4 Å². The molecule has 2 aromatic rings. The molecule has 7 heteroatoms. The van der Waals surface area contributed by atoms with Crippen molar-refractivity contribution in [2.45, 2.75) is 10.9 Å². The molecule has 0 aliphatic rings. The number of rotatable bonds is 5. The van der Waals surface area contributed by atoms with Crippen LogP contribution in [0, 0.1) is 17.1 Å². The van der Waals surface area contributed by atoms with Gasteiger partial charge in [0.1, 0.15) is 5.82 Å². The molecule has 22 heavy (non-hydrogen) atoms. The maximum absolute atomic E-state index is 13.7. The largest absolute Gasteiger partial charge is 0.394 e. The summed E-state index contributed by atoms with van der Waals surface area (Å²) in [5.74, 6) is -0.607. The van der Waals surface area contributed by atoms with E-state index in [1.54, 1.807) is 6.07 Å². The van der Waals surface area contributed by atoms with Gasteiger partial charge >= 0.3 is 0 Å². The Kier molecular flexibility index (Phi) is 4.88. The van der Waals surface area contributed by atoms with Crippen LogP contribution in [-0.4, -0.2) is 20.1 Å².